The van der Waals surface area contributed by atoms with Gasteiger partial charge in [0.2, 0.25) is 10.0 Å². The summed E-state index contributed by atoms with van der Waals surface area (Å²) in [5.41, 5.74) is 0. The monoisotopic (exact) mass is 161 g/mol. The van der Waals surface area contributed by atoms with Gasteiger partial charge in [0.05, 0.1) is 6.26 Å². The number of hydrogen-bond donors (Lipinski definition) is 0. The van der Waals surface area contributed by atoms with Gasteiger partial charge >= 0.3 is 0 Å². The first kappa shape index (κ1) is 7.75. The molecule has 1 saturated heterocycles. The van der Waals surface area contributed by atoms with E-state index in [1.54, 1.807) is 6.08 Å². The quantitative estimate of drug-likeness (QED) is 0.438. The molecule has 0 radical (unpaired) electrons. The van der Waals surface area contributed by atoms with Gasteiger partial charge in [-0.15, -0.1) is 6.58 Å². The molecule has 0 aromatic rings. The highest BCUT2D eigenvalue weighted by molar-refractivity contribution is 7.88. The summed E-state index contributed by atoms with van der Waals surface area (Å²) in [4.78, 5) is 0. The van der Waals surface area contributed by atoms with Crippen molar-refractivity contribution in [2.24, 2.45) is 0 Å². The lowest BCUT2D eigenvalue weighted by atomic mass is 10.3. The largest absolute Gasteiger partial charge is 0.212 e. The molecule has 3 nitrogen and oxygen atoms in total. The van der Waals surface area contributed by atoms with E-state index in [9.17, 15) is 8.42 Å². The van der Waals surface area contributed by atoms with E-state index in [1.807, 2.05) is 0 Å². The predicted molar refractivity (Wildman–Crippen MR) is 40.2 cm³/mol. The van der Waals surface area contributed by atoms with Crippen LogP contribution in [0.15, 0.2) is 12.7 Å². The Morgan fingerprint density at radius 2 is 2.40 bits per heavy atom. The summed E-state index contributed by atoms with van der Waals surface area (Å²) in [5, 5.41) is 0. The molecule has 0 N–H and O–H groups in total. The summed E-state index contributed by atoms with van der Waals surface area (Å²) >= 11 is 0. The third kappa shape index (κ3) is 1.58. The molecule has 0 aromatic heterocycles. The Bertz CT molecular complexity index is 232. The Morgan fingerprint density at radius 1 is 1.80 bits per heavy atom. The highest BCUT2D eigenvalue weighted by Crippen LogP contribution is 2.24. The average molecular weight is 161 g/mol. The normalized spacial score (nSPS) is 31.7. The first-order chi connectivity index (χ1) is 4.55. The van der Waals surface area contributed by atoms with Crippen LogP contribution in [0.5, 0.6) is 0 Å². The molecule has 0 aliphatic carbocycles. The van der Waals surface area contributed by atoms with Crippen LogP contribution in [-0.4, -0.2) is 31.6 Å². The standard InChI is InChI=1S/C6H11NO2S/c1-3-4-6-5-7(6)10(2,8)9/h3,6H,1,4-5H2,2H3. The summed E-state index contributed by atoms with van der Waals surface area (Å²) < 4.78 is 23.0. The van der Waals surface area contributed by atoms with E-state index in [1.165, 1.54) is 10.6 Å². The third-order valence-electron chi connectivity index (χ3n) is 1.53. The van der Waals surface area contributed by atoms with Crippen LogP contribution in [0, 0.1) is 0 Å². The molecular weight excluding hydrogens is 150 g/mol. The average Bonchev–Trinajstić information content (AvgIpc) is 2.44. The summed E-state index contributed by atoms with van der Waals surface area (Å²) in [6, 6.07) is 0.201. The Morgan fingerprint density at radius 3 is 2.70 bits per heavy atom. The molecule has 0 amide bonds. The molecule has 0 bridgehead atoms. The van der Waals surface area contributed by atoms with E-state index in [0.29, 0.717) is 6.54 Å². The maximum Gasteiger partial charge on any atom is 0.211 e. The molecule has 2 unspecified atom stereocenters. The smallest absolute Gasteiger partial charge is 0.211 e. The van der Waals surface area contributed by atoms with E-state index >= 15 is 0 Å². The molecule has 58 valence electrons. The van der Waals surface area contributed by atoms with Crippen LogP contribution in [0.4, 0.5) is 0 Å². The third-order valence-corrected chi connectivity index (χ3v) is 2.83. The molecule has 1 rings (SSSR count). The van der Waals surface area contributed by atoms with Gasteiger partial charge in [-0.2, -0.15) is 4.31 Å². The van der Waals surface area contributed by atoms with Gasteiger partial charge in [-0.25, -0.2) is 8.42 Å². The molecule has 1 aliphatic rings. The second-order valence-electron chi connectivity index (χ2n) is 2.51. The Kier molecular flexibility index (Phi) is 1.83. The van der Waals surface area contributed by atoms with Crippen LogP contribution in [0.3, 0.4) is 0 Å². The van der Waals surface area contributed by atoms with Crippen molar-refractivity contribution in [3.63, 3.8) is 0 Å². The lowest BCUT2D eigenvalue weighted by Crippen LogP contribution is -2.11. The van der Waals surface area contributed by atoms with Crippen molar-refractivity contribution < 1.29 is 8.42 Å². The number of hydrogen-bond acceptors (Lipinski definition) is 2. The first-order valence-electron chi connectivity index (χ1n) is 3.13. The fraction of sp³-hybridized carbons (Fsp3) is 0.667. The molecule has 2 atom stereocenters. The van der Waals surface area contributed by atoms with Crippen molar-refractivity contribution in [1.82, 2.24) is 4.31 Å². The zero-order chi connectivity index (χ0) is 7.78. The Labute approximate surface area is 61.4 Å². The molecule has 1 heterocycles. The van der Waals surface area contributed by atoms with Crippen molar-refractivity contribution in [3.8, 4) is 0 Å². The molecule has 0 spiro atoms. The van der Waals surface area contributed by atoms with Crippen molar-refractivity contribution >= 4 is 10.0 Å². The topological polar surface area (TPSA) is 37.1 Å². The van der Waals surface area contributed by atoms with Crippen LogP contribution in [-0.2, 0) is 10.0 Å². The number of rotatable bonds is 3. The van der Waals surface area contributed by atoms with Gasteiger partial charge in [0.25, 0.3) is 0 Å². The maximum atomic E-state index is 10.8. The van der Waals surface area contributed by atoms with Crippen LogP contribution in [0.25, 0.3) is 0 Å². The van der Waals surface area contributed by atoms with Crippen LogP contribution < -0.4 is 0 Å². The fourth-order valence-corrected chi connectivity index (χ4v) is 2.02. The molecule has 1 fully saturated rings. The number of nitrogens with zero attached hydrogens (tertiary/aromatic N) is 1. The van der Waals surface area contributed by atoms with Crippen molar-refractivity contribution in [1.29, 1.82) is 0 Å². The molecule has 0 aromatic carbocycles. The fourth-order valence-electron chi connectivity index (χ4n) is 0.951. The minimum Gasteiger partial charge on any atom is -0.212 e. The van der Waals surface area contributed by atoms with Crippen molar-refractivity contribution in [3.05, 3.63) is 12.7 Å². The van der Waals surface area contributed by atoms with Crippen molar-refractivity contribution in [2.75, 3.05) is 12.8 Å². The predicted octanol–water partition coefficient (Wildman–Crippen LogP) is 0.206. The van der Waals surface area contributed by atoms with Crippen LogP contribution in [0.1, 0.15) is 6.42 Å². The minimum atomic E-state index is -2.92. The molecular formula is C6H11NO2S. The lowest BCUT2D eigenvalue weighted by Gasteiger charge is -1.95. The zero-order valence-corrected chi connectivity index (χ0v) is 6.76. The molecule has 0 saturated carbocycles. The van der Waals surface area contributed by atoms with Gasteiger partial charge < -0.3 is 0 Å². The van der Waals surface area contributed by atoms with E-state index in [2.05, 4.69) is 6.58 Å². The summed E-state index contributed by atoms with van der Waals surface area (Å²) in [6.07, 6.45) is 3.75. The van der Waals surface area contributed by atoms with Gasteiger partial charge in [-0.1, -0.05) is 6.08 Å². The Balaban J connectivity index is 2.47. The highest BCUT2D eigenvalue weighted by Gasteiger charge is 2.39. The molecule has 1 aliphatic heterocycles. The summed E-state index contributed by atoms with van der Waals surface area (Å²) in [5.74, 6) is 0. The maximum absolute atomic E-state index is 10.8. The van der Waals surface area contributed by atoms with Gasteiger partial charge in [-0.3, -0.25) is 0 Å². The zero-order valence-electron chi connectivity index (χ0n) is 5.95. The highest BCUT2D eigenvalue weighted by atomic mass is 32.2. The van der Waals surface area contributed by atoms with Gasteiger partial charge in [-0.05, 0) is 6.42 Å². The van der Waals surface area contributed by atoms with E-state index in [4.69, 9.17) is 0 Å². The summed E-state index contributed by atoms with van der Waals surface area (Å²) in [6.45, 7) is 4.21. The Hall–Kier alpha value is -0.350. The second-order valence-corrected chi connectivity index (χ2v) is 4.45. The number of sulfonamides is 1. The van der Waals surface area contributed by atoms with Crippen LogP contribution in [0.2, 0.25) is 0 Å². The van der Waals surface area contributed by atoms with E-state index in [-0.39, 0.29) is 6.04 Å². The van der Waals surface area contributed by atoms with E-state index in [0.717, 1.165) is 6.42 Å². The molecule has 4 heteroatoms. The second kappa shape index (κ2) is 2.36. The van der Waals surface area contributed by atoms with Crippen LogP contribution >= 0.6 is 0 Å². The van der Waals surface area contributed by atoms with Gasteiger partial charge in [0.15, 0.2) is 0 Å². The summed E-state index contributed by atoms with van der Waals surface area (Å²) in [7, 11) is -2.92. The lowest BCUT2D eigenvalue weighted by molar-refractivity contribution is 0.559. The SMILES string of the molecule is C=CCC1CN1S(C)(=O)=O. The van der Waals surface area contributed by atoms with Crippen molar-refractivity contribution in [2.45, 2.75) is 12.5 Å². The first-order valence-corrected chi connectivity index (χ1v) is 4.98. The minimum absolute atomic E-state index is 0.201. The van der Waals surface area contributed by atoms with Gasteiger partial charge in [0, 0.05) is 12.6 Å². The van der Waals surface area contributed by atoms with Gasteiger partial charge in [0.1, 0.15) is 0 Å². The molecule has 10 heavy (non-hydrogen) atoms. The van der Waals surface area contributed by atoms with E-state index < -0.39 is 10.0 Å².